The second kappa shape index (κ2) is 39.0. The standard InChI is InChI=1S/C49H89NO9/c1-3-5-7-9-11-13-15-17-19-21-23-25-27-29-31-33-35-37-42(52)41(40-58-49-47(56)46(55)45(54)44(39-51)59-49)50-48(57)43(53)38-36-34-32-30-28-26-24-22-20-18-16-14-12-10-8-6-4-2/h19,21,24,26-27,29,35,37,41-47,49,51-56H,3-18,20,22-23,25,28,30-34,36,38-40H2,1-2H3,(H,50,57)/b21-19+,26-24-,29-27+,37-35+. The summed E-state index contributed by atoms with van der Waals surface area (Å²) in [5, 5.41) is 64.7. The second-order valence-corrected chi connectivity index (χ2v) is 16.7. The van der Waals surface area contributed by atoms with E-state index in [-0.39, 0.29) is 13.0 Å². The molecule has 1 aliphatic heterocycles. The maximum absolute atomic E-state index is 13.0. The van der Waals surface area contributed by atoms with Gasteiger partial charge < -0.3 is 45.4 Å². The molecule has 8 unspecified atom stereocenters. The Bertz CT molecular complexity index is 1080. The van der Waals surface area contributed by atoms with Crippen LogP contribution in [0.5, 0.6) is 0 Å². The van der Waals surface area contributed by atoms with Crippen LogP contribution in [0.25, 0.3) is 0 Å². The van der Waals surface area contributed by atoms with E-state index in [1.165, 1.54) is 103 Å². The van der Waals surface area contributed by atoms with E-state index in [1.807, 2.05) is 6.08 Å². The van der Waals surface area contributed by atoms with E-state index < -0.39 is 61.5 Å². The van der Waals surface area contributed by atoms with Crippen LogP contribution in [-0.2, 0) is 14.3 Å². The van der Waals surface area contributed by atoms with Crippen molar-refractivity contribution in [2.24, 2.45) is 0 Å². The van der Waals surface area contributed by atoms with Crippen molar-refractivity contribution in [3.05, 3.63) is 48.6 Å². The summed E-state index contributed by atoms with van der Waals surface area (Å²) in [6.07, 6.45) is 39.1. The van der Waals surface area contributed by atoms with Crippen LogP contribution in [0.4, 0.5) is 0 Å². The van der Waals surface area contributed by atoms with Gasteiger partial charge in [0.15, 0.2) is 6.29 Å². The highest BCUT2D eigenvalue weighted by atomic mass is 16.7. The molecule has 1 heterocycles. The van der Waals surface area contributed by atoms with Gasteiger partial charge in [0.05, 0.1) is 25.4 Å². The van der Waals surface area contributed by atoms with Gasteiger partial charge in [-0.3, -0.25) is 4.79 Å². The summed E-state index contributed by atoms with van der Waals surface area (Å²) in [6.45, 7) is 3.57. The van der Waals surface area contributed by atoms with Crippen LogP contribution >= 0.6 is 0 Å². The zero-order valence-electron chi connectivity index (χ0n) is 37.4. The third-order valence-electron chi connectivity index (χ3n) is 11.2. The number of hydrogen-bond acceptors (Lipinski definition) is 9. The van der Waals surface area contributed by atoms with Crippen LogP contribution in [0.3, 0.4) is 0 Å². The Morgan fingerprint density at radius 2 is 1.00 bits per heavy atom. The van der Waals surface area contributed by atoms with Crippen molar-refractivity contribution < 1.29 is 44.9 Å². The van der Waals surface area contributed by atoms with Crippen molar-refractivity contribution in [1.82, 2.24) is 5.32 Å². The lowest BCUT2D eigenvalue weighted by Gasteiger charge is -2.40. The normalized spacial score (nSPS) is 21.7. The molecule has 344 valence electrons. The Hall–Kier alpha value is -1.89. The SMILES string of the molecule is CCCCCCCCC/C=C/CC/C=C/CC/C=C/C(O)C(COC1OC(CO)C(O)C(O)C1O)NC(=O)C(O)CCCCCC/C=C\CCCCCCCCCCC. The molecule has 1 amide bonds. The number of carbonyl (C=O) groups is 1. The minimum absolute atomic E-state index is 0.286. The first-order valence-corrected chi connectivity index (χ1v) is 24.0. The van der Waals surface area contributed by atoms with Crippen molar-refractivity contribution in [2.75, 3.05) is 13.2 Å². The fourth-order valence-corrected chi connectivity index (χ4v) is 7.25. The number of carbonyl (C=O) groups excluding carboxylic acids is 1. The van der Waals surface area contributed by atoms with Gasteiger partial charge >= 0.3 is 0 Å². The monoisotopic (exact) mass is 836 g/mol. The third-order valence-corrected chi connectivity index (χ3v) is 11.2. The lowest BCUT2D eigenvalue weighted by Crippen LogP contribution is -2.60. The number of rotatable bonds is 39. The van der Waals surface area contributed by atoms with Gasteiger partial charge in [0.1, 0.15) is 30.5 Å². The lowest BCUT2D eigenvalue weighted by molar-refractivity contribution is -0.302. The Balaban J connectivity index is 2.45. The minimum atomic E-state index is -1.62. The summed E-state index contributed by atoms with van der Waals surface area (Å²) in [4.78, 5) is 13.0. The number of amides is 1. The summed E-state index contributed by atoms with van der Waals surface area (Å²) in [5.74, 6) is -0.640. The minimum Gasteiger partial charge on any atom is -0.394 e. The summed E-state index contributed by atoms with van der Waals surface area (Å²) in [6, 6.07) is -1.01. The molecule has 0 aromatic rings. The van der Waals surface area contributed by atoms with Gasteiger partial charge in [-0.1, -0.05) is 172 Å². The Labute approximate surface area is 359 Å². The summed E-state index contributed by atoms with van der Waals surface area (Å²) < 4.78 is 11.1. The van der Waals surface area contributed by atoms with Crippen LogP contribution in [0.2, 0.25) is 0 Å². The molecule has 0 bridgehead atoms. The zero-order valence-corrected chi connectivity index (χ0v) is 37.4. The number of nitrogens with one attached hydrogen (secondary N) is 1. The van der Waals surface area contributed by atoms with Gasteiger partial charge in [-0.15, -0.1) is 0 Å². The molecule has 10 heteroatoms. The van der Waals surface area contributed by atoms with Crippen molar-refractivity contribution >= 4 is 5.91 Å². The quantitative estimate of drug-likeness (QED) is 0.0236. The first-order valence-electron chi connectivity index (χ1n) is 24.0. The number of unbranched alkanes of at least 4 members (excludes halogenated alkanes) is 22. The second-order valence-electron chi connectivity index (χ2n) is 16.7. The molecule has 59 heavy (non-hydrogen) atoms. The summed E-state index contributed by atoms with van der Waals surface area (Å²) >= 11 is 0. The van der Waals surface area contributed by atoms with Gasteiger partial charge in [0, 0.05) is 0 Å². The van der Waals surface area contributed by atoms with Crippen LogP contribution in [0, 0.1) is 0 Å². The highest BCUT2D eigenvalue weighted by molar-refractivity contribution is 5.80. The molecule has 0 aromatic carbocycles. The van der Waals surface area contributed by atoms with Crippen LogP contribution in [0.1, 0.15) is 194 Å². The fourth-order valence-electron chi connectivity index (χ4n) is 7.25. The predicted octanol–water partition coefficient (Wildman–Crippen LogP) is 9.20. The Morgan fingerprint density at radius 3 is 1.47 bits per heavy atom. The van der Waals surface area contributed by atoms with Crippen molar-refractivity contribution in [3.8, 4) is 0 Å². The van der Waals surface area contributed by atoms with Crippen LogP contribution in [-0.4, -0.2) is 98.7 Å². The summed E-state index contributed by atoms with van der Waals surface area (Å²) in [5.41, 5.74) is 0. The molecule has 1 saturated heterocycles. The molecular formula is C49H89NO9. The van der Waals surface area contributed by atoms with Crippen LogP contribution < -0.4 is 5.32 Å². The van der Waals surface area contributed by atoms with Gasteiger partial charge in [-0.25, -0.2) is 0 Å². The number of allylic oxidation sites excluding steroid dienone is 7. The molecule has 0 aliphatic carbocycles. The molecule has 1 rings (SSSR count). The average molecular weight is 836 g/mol. The molecule has 7 N–H and O–H groups in total. The van der Waals surface area contributed by atoms with Gasteiger partial charge in [-0.05, 0) is 70.6 Å². The van der Waals surface area contributed by atoms with E-state index >= 15 is 0 Å². The smallest absolute Gasteiger partial charge is 0.249 e. The van der Waals surface area contributed by atoms with Crippen molar-refractivity contribution in [2.45, 2.75) is 243 Å². The van der Waals surface area contributed by atoms with E-state index in [9.17, 15) is 35.4 Å². The summed E-state index contributed by atoms with van der Waals surface area (Å²) in [7, 11) is 0. The molecule has 10 nitrogen and oxygen atoms in total. The van der Waals surface area contributed by atoms with E-state index in [0.29, 0.717) is 12.8 Å². The van der Waals surface area contributed by atoms with E-state index in [4.69, 9.17) is 9.47 Å². The van der Waals surface area contributed by atoms with Gasteiger partial charge in [-0.2, -0.15) is 0 Å². The topological polar surface area (TPSA) is 169 Å². The first kappa shape index (κ1) is 55.1. The molecule has 0 saturated carbocycles. The Kier molecular flexibility index (Phi) is 36.4. The molecule has 8 atom stereocenters. The van der Waals surface area contributed by atoms with Crippen molar-refractivity contribution in [1.29, 1.82) is 0 Å². The first-order chi connectivity index (χ1) is 28.8. The van der Waals surface area contributed by atoms with Crippen molar-refractivity contribution in [3.63, 3.8) is 0 Å². The lowest BCUT2D eigenvalue weighted by atomic mass is 9.99. The predicted molar refractivity (Wildman–Crippen MR) is 241 cm³/mol. The highest BCUT2D eigenvalue weighted by Gasteiger charge is 2.44. The molecule has 0 radical (unpaired) electrons. The Morgan fingerprint density at radius 1 is 0.576 bits per heavy atom. The van der Waals surface area contributed by atoms with E-state index in [0.717, 1.165) is 57.8 Å². The average Bonchev–Trinajstić information content (AvgIpc) is 3.23. The van der Waals surface area contributed by atoms with E-state index in [1.54, 1.807) is 6.08 Å². The maximum Gasteiger partial charge on any atom is 0.249 e. The van der Waals surface area contributed by atoms with Gasteiger partial charge in [0.2, 0.25) is 5.91 Å². The molecule has 0 aromatic heterocycles. The molecular weight excluding hydrogens is 747 g/mol. The highest BCUT2D eigenvalue weighted by Crippen LogP contribution is 2.22. The largest absolute Gasteiger partial charge is 0.394 e. The zero-order chi connectivity index (χ0) is 43.2. The molecule has 0 spiro atoms. The van der Waals surface area contributed by atoms with Gasteiger partial charge in [0.25, 0.3) is 0 Å². The molecule has 1 fully saturated rings. The number of aliphatic hydroxyl groups is 6. The number of ether oxygens (including phenoxy) is 2. The molecule has 1 aliphatic rings. The third kappa shape index (κ3) is 29.1. The maximum atomic E-state index is 13.0. The number of aliphatic hydroxyl groups excluding tert-OH is 6. The fraction of sp³-hybridized carbons (Fsp3) is 0.816. The number of hydrogen-bond donors (Lipinski definition) is 7. The van der Waals surface area contributed by atoms with E-state index in [2.05, 4.69) is 55.6 Å². The van der Waals surface area contributed by atoms with Crippen LogP contribution in [0.15, 0.2) is 48.6 Å².